The summed E-state index contributed by atoms with van der Waals surface area (Å²) in [4.78, 5) is 22.5. The number of carbonyl (C=O) groups is 1. The number of ketones is 1. The van der Waals surface area contributed by atoms with Gasteiger partial charge >= 0.3 is 0 Å². The summed E-state index contributed by atoms with van der Waals surface area (Å²) in [5, 5.41) is 0.744. The summed E-state index contributed by atoms with van der Waals surface area (Å²) >= 11 is 1.42. The van der Waals surface area contributed by atoms with Crippen molar-refractivity contribution < 1.29 is 4.79 Å². The molecular formula is C20H14N2OS. The summed E-state index contributed by atoms with van der Waals surface area (Å²) in [6.45, 7) is 1.87. The van der Waals surface area contributed by atoms with E-state index in [1.807, 2.05) is 73.7 Å². The Bertz CT molecular complexity index is 950. The maximum Gasteiger partial charge on any atom is 0.204 e. The van der Waals surface area contributed by atoms with Gasteiger partial charge < -0.3 is 0 Å². The number of aryl methyl sites for hydroxylation is 1. The van der Waals surface area contributed by atoms with Crippen molar-refractivity contribution in [1.29, 1.82) is 0 Å². The monoisotopic (exact) mass is 330 g/mol. The fraction of sp³-hybridized carbons (Fsp3) is 0.0500. The second-order valence-corrected chi connectivity index (χ2v) is 6.56. The van der Waals surface area contributed by atoms with Gasteiger partial charge in [-0.3, -0.25) is 4.79 Å². The van der Waals surface area contributed by atoms with E-state index in [1.54, 1.807) is 0 Å². The van der Waals surface area contributed by atoms with Crippen LogP contribution in [-0.2, 0) is 0 Å². The smallest absolute Gasteiger partial charge is 0.204 e. The SMILES string of the molecule is Cc1nc(-c2ccccc2)nc2c1C(=O)/C(=C\c1ccccc1)S2. The van der Waals surface area contributed by atoms with Crippen LogP contribution in [0, 0.1) is 6.92 Å². The third-order valence-electron chi connectivity index (χ3n) is 3.84. The summed E-state index contributed by atoms with van der Waals surface area (Å²) in [5.41, 5.74) is 3.32. The molecular weight excluding hydrogens is 316 g/mol. The van der Waals surface area contributed by atoms with Crippen LogP contribution in [0.5, 0.6) is 0 Å². The molecule has 0 amide bonds. The third kappa shape index (κ3) is 2.65. The first-order valence-corrected chi connectivity index (χ1v) is 8.47. The van der Waals surface area contributed by atoms with Crippen LogP contribution in [0.2, 0.25) is 0 Å². The van der Waals surface area contributed by atoms with Gasteiger partial charge in [0.1, 0.15) is 5.03 Å². The highest BCUT2D eigenvalue weighted by molar-refractivity contribution is 8.04. The van der Waals surface area contributed by atoms with Crippen LogP contribution in [0.4, 0.5) is 0 Å². The number of hydrogen-bond donors (Lipinski definition) is 0. The lowest BCUT2D eigenvalue weighted by atomic mass is 10.1. The molecule has 4 heteroatoms. The number of aromatic nitrogens is 2. The Hall–Kier alpha value is -2.72. The van der Waals surface area contributed by atoms with Gasteiger partial charge in [-0.25, -0.2) is 9.97 Å². The molecule has 116 valence electrons. The molecule has 0 saturated heterocycles. The normalized spacial score (nSPS) is 14.9. The van der Waals surface area contributed by atoms with Crippen LogP contribution >= 0.6 is 11.8 Å². The predicted octanol–water partition coefficient (Wildman–Crippen LogP) is 4.78. The van der Waals surface area contributed by atoms with Crippen LogP contribution in [-0.4, -0.2) is 15.8 Å². The van der Waals surface area contributed by atoms with E-state index in [-0.39, 0.29) is 5.78 Å². The Morgan fingerprint density at radius 1 is 0.917 bits per heavy atom. The minimum atomic E-state index is 0.0102. The molecule has 0 aliphatic carbocycles. The molecule has 2 aromatic carbocycles. The molecule has 2 heterocycles. The van der Waals surface area contributed by atoms with E-state index in [0.717, 1.165) is 21.8 Å². The van der Waals surface area contributed by atoms with Gasteiger partial charge in [0.15, 0.2) is 5.82 Å². The lowest BCUT2D eigenvalue weighted by Crippen LogP contribution is -2.03. The quantitative estimate of drug-likeness (QED) is 0.501. The molecule has 0 atom stereocenters. The average Bonchev–Trinajstić information content (AvgIpc) is 2.93. The van der Waals surface area contributed by atoms with E-state index in [2.05, 4.69) is 9.97 Å². The zero-order valence-electron chi connectivity index (χ0n) is 13.1. The number of fused-ring (bicyclic) bond motifs is 1. The number of thioether (sulfide) groups is 1. The number of rotatable bonds is 2. The fourth-order valence-corrected chi connectivity index (χ4v) is 3.74. The van der Waals surface area contributed by atoms with Crippen LogP contribution in [0.3, 0.4) is 0 Å². The minimum Gasteiger partial charge on any atom is -0.288 e. The van der Waals surface area contributed by atoms with Crippen molar-refractivity contribution in [1.82, 2.24) is 9.97 Å². The molecule has 0 radical (unpaired) electrons. The lowest BCUT2D eigenvalue weighted by Gasteiger charge is -2.04. The Balaban J connectivity index is 1.76. The summed E-state index contributed by atoms with van der Waals surface area (Å²) < 4.78 is 0. The van der Waals surface area contributed by atoms with E-state index >= 15 is 0 Å². The first-order valence-electron chi connectivity index (χ1n) is 7.66. The fourth-order valence-electron chi connectivity index (χ4n) is 2.67. The molecule has 0 bridgehead atoms. The molecule has 24 heavy (non-hydrogen) atoms. The van der Waals surface area contributed by atoms with Crippen molar-refractivity contribution >= 4 is 23.6 Å². The Labute approximate surface area is 144 Å². The van der Waals surface area contributed by atoms with Gasteiger partial charge in [0, 0.05) is 5.56 Å². The van der Waals surface area contributed by atoms with Crippen LogP contribution in [0.15, 0.2) is 70.6 Å². The van der Waals surface area contributed by atoms with Gasteiger partial charge in [-0.05, 0) is 18.6 Å². The van der Waals surface area contributed by atoms with E-state index in [4.69, 9.17) is 0 Å². The first kappa shape index (κ1) is 14.8. The highest BCUT2D eigenvalue weighted by Gasteiger charge is 2.30. The molecule has 4 rings (SSSR count). The molecule has 1 aliphatic rings. The minimum absolute atomic E-state index is 0.0102. The number of nitrogens with zero attached hydrogens (tertiary/aromatic N) is 2. The molecule has 0 spiro atoms. The van der Waals surface area contributed by atoms with Crippen molar-refractivity contribution in [2.24, 2.45) is 0 Å². The van der Waals surface area contributed by atoms with E-state index < -0.39 is 0 Å². The van der Waals surface area contributed by atoms with Crippen LogP contribution in [0.25, 0.3) is 17.5 Å². The highest BCUT2D eigenvalue weighted by Crippen LogP contribution is 2.41. The molecule has 1 aromatic heterocycles. The Kier molecular flexibility index (Phi) is 3.75. The van der Waals surface area contributed by atoms with Gasteiger partial charge in [0.25, 0.3) is 0 Å². The molecule has 3 aromatic rings. The van der Waals surface area contributed by atoms with Crippen LogP contribution < -0.4 is 0 Å². The van der Waals surface area contributed by atoms with Crippen molar-refractivity contribution in [3.05, 3.63) is 82.4 Å². The van der Waals surface area contributed by atoms with E-state index in [0.29, 0.717) is 16.3 Å². The van der Waals surface area contributed by atoms with E-state index in [1.165, 1.54) is 11.8 Å². The van der Waals surface area contributed by atoms with Gasteiger partial charge in [-0.2, -0.15) is 0 Å². The zero-order valence-corrected chi connectivity index (χ0v) is 13.9. The number of allylic oxidation sites excluding steroid dienone is 1. The second-order valence-electron chi connectivity index (χ2n) is 5.53. The summed E-state index contributed by atoms with van der Waals surface area (Å²) in [6, 6.07) is 19.7. The lowest BCUT2D eigenvalue weighted by molar-refractivity contribution is 0.104. The topological polar surface area (TPSA) is 42.9 Å². The first-order chi connectivity index (χ1) is 11.7. The Morgan fingerprint density at radius 2 is 1.58 bits per heavy atom. The Morgan fingerprint density at radius 3 is 2.29 bits per heavy atom. The van der Waals surface area contributed by atoms with Gasteiger partial charge in [-0.15, -0.1) is 0 Å². The molecule has 0 unspecified atom stereocenters. The molecule has 1 aliphatic heterocycles. The largest absolute Gasteiger partial charge is 0.288 e. The number of carbonyl (C=O) groups excluding carboxylic acids is 1. The molecule has 0 fully saturated rings. The zero-order chi connectivity index (χ0) is 16.5. The van der Waals surface area contributed by atoms with E-state index in [9.17, 15) is 4.79 Å². The summed E-state index contributed by atoms with van der Waals surface area (Å²) in [5.74, 6) is 0.670. The average molecular weight is 330 g/mol. The molecule has 0 N–H and O–H groups in total. The van der Waals surface area contributed by atoms with Crippen molar-refractivity contribution in [2.45, 2.75) is 11.9 Å². The maximum atomic E-state index is 12.7. The predicted molar refractivity (Wildman–Crippen MR) is 96.8 cm³/mol. The standard InChI is InChI=1S/C20H14N2OS/c1-13-17-18(23)16(12-14-8-4-2-5-9-14)24-20(17)22-19(21-13)15-10-6-3-7-11-15/h2-12H,1H3/b16-12+. The van der Waals surface area contributed by atoms with Gasteiger partial charge in [-0.1, -0.05) is 72.4 Å². The third-order valence-corrected chi connectivity index (χ3v) is 4.86. The number of hydrogen-bond acceptors (Lipinski definition) is 4. The number of benzene rings is 2. The van der Waals surface area contributed by atoms with Gasteiger partial charge in [0.2, 0.25) is 5.78 Å². The molecule has 3 nitrogen and oxygen atoms in total. The summed E-state index contributed by atoms with van der Waals surface area (Å²) in [7, 11) is 0. The summed E-state index contributed by atoms with van der Waals surface area (Å²) in [6.07, 6.45) is 1.91. The number of Topliss-reactive ketones (excluding diaryl/α,β-unsaturated/α-hetero) is 1. The highest BCUT2D eigenvalue weighted by atomic mass is 32.2. The van der Waals surface area contributed by atoms with Crippen LogP contribution in [0.1, 0.15) is 21.6 Å². The maximum absolute atomic E-state index is 12.7. The molecule has 0 saturated carbocycles. The van der Waals surface area contributed by atoms with Crippen molar-refractivity contribution in [3.63, 3.8) is 0 Å². The second kappa shape index (κ2) is 6.06. The van der Waals surface area contributed by atoms with Crippen molar-refractivity contribution in [3.8, 4) is 11.4 Å². The van der Waals surface area contributed by atoms with Crippen molar-refractivity contribution in [2.75, 3.05) is 0 Å². The van der Waals surface area contributed by atoms with Gasteiger partial charge in [0.05, 0.1) is 16.2 Å².